The van der Waals surface area contributed by atoms with Gasteiger partial charge < -0.3 is 9.64 Å². The third-order valence-electron chi connectivity index (χ3n) is 2.67. The Labute approximate surface area is 106 Å². The fourth-order valence-electron chi connectivity index (χ4n) is 1.69. The molecule has 0 heterocycles. The second-order valence-corrected chi connectivity index (χ2v) is 4.99. The lowest BCUT2D eigenvalue weighted by Gasteiger charge is -2.28. The summed E-state index contributed by atoms with van der Waals surface area (Å²) in [6, 6.07) is 2.69. The molecule has 0 rings (SSSR count). The van der Waals surface area contributed by atoms with Crippen molar-refractivity contribution in [3.05, 3.63) is 0 Å². The van der Waals surface area contributed by atoms with Gasteiger partial charge in [-0.05, 0) is 41.2 Å². The van der Waals surface area contributed by atoms with Crippen molar-refractivity contribution in [2.24, 2.45) is 0 Å². The zero-order valence-corrected chi connectivity index (χ0v) is 11.9. The molecule has 1 unspecified atom stereocenters. The standard InChI is InChI=1S/C13H27N3O/c1-6-17-10-9-16(5)8-7-13(4,11-14)15-12(2)3/h12,15H,6-10H2,1-5H3. The molecule has 0 aliphatic carbocycles. The summed E-state index contributed by atoms with van der Waals surface area (Å²) in [5.74, 6) is 0. The van der Waals surface area contributed by atoms with Crippen molar-refractivity contribution in [1.82, 2.24) is 10.2 Å². The van der Waals surface area contributed by atoms with Crippen molar-refractivity contribution in [2.75, 3.05) is 33.4 Å². The fraction of sp³-hybridized carbons (Fsp3) is 0.923. The summed E-state index contributed by atoms with van der Waals surface area (Å²) < 4.78 is 5.30. The van der Waals surface area contributed by atoms with E-state index in [1.165, 1.54) is 0 Å². The average molecular weight is 241 g/mol. The minimum Gasteiger partial charge on any atom is -0.380 e. The van der Waals surface area contributed by atoms with Crippen LogP contribution in [0.15, 0.2) is 0 Å². The second kappa shape index (κ2) is 8.46. The van der Waals surface area contributed by atoms with Crippen LogP contribution < -0.4 is 5.32 Å². The number of hydrogen-bond donors (Lipinski definition) is 1. The molecule has 1 atom stereocenters. The summed E-state index contributed by atoms with van der Waals surface area (Å²) >= 11 is 0. The lowest BCUT2D eigenvalue weighted by molar-refractivity contribution is 0.119. The highest BCUT2D eigenvalue weighted by molar-refractivity contribution is 5.04. The van der Waals surface area contributed by atoms with E-state index in [1.807, 2.05) is 13.8 Å². The summed E-state index contributed by atoms with van der Waals surface area (Å²) in [5, 5.41) is 12.5. The molecule has 0 bridgehead atoms. The van der Waals surface area contributed by atoms with Crippen LogP contribution in [0.1, 0.15) is 34.1 Å². The van der Waals surface area contributed by atoms with E-state index in [4.69, 9.17) is 4.74 Å². The summed E-state index contributed by atoms with van der Waals surface area (Å²) in [5.41, 5.74) is -0.436. The predicted molar refractivity (Wildman–Crippen MR) is 70.9 cm³/mol. The largest absolute Gasteiger partial charge is 0.380 e. The van der Waals surface area contributed by atoms with E-state index in [-0.39, 0.29) is 0 Å². The molecule has 1 N–H and O–H groups in total. The Morgan fingerprint density at radius 3 is 2.53 bits per heavy atom. The van der Waals surface area contributed by atoms with E-state index in [0.717, 1.165) is 32.7 Å². The van der Waals surface area contributed by atoms with Crippen molar-refractivity contribution < 1.29 is 4.74 Å². The molecule has 0 aromatic rings. The summed E-state index contributed by atoms with van der Waals surface area (Å²) in [6.45, 7) is 11.4. The fourth-order valence-corrected chi connectivity index (χ4v) is 1.69. The number of likely N-dealkylation sites (N-methyl/N-ethyl adjacent to an activating group) is 1. The lowest BCUT2D eigenvalue weighted by Crippen LogP contribution is -2.47. The van der Waals surface area contributed by atoms with Crippen molar-refractivity contribution in [2.45, 2.75) is 45.7 Å². The summed E-state index contributed by atoms with van der Waals surface area (Å²) in [7, 11) is 2.06. The maximum atomic E-state index is 9.21. The molecule has 4 heteroatoms. The first kappa shape index (κ1) is 16.4. The molecule has 0 fully saturated rings. The van der Waals surface area contributed by atoms with Crippen LogP contribution in [0.3, 0.4) is 0 Å². The van der Waals surface area contributed by atoms with Crippen LogP contribution in [0, 0.1) is 11.3 Å². The highest BCUT2D eigenvalue weighted by Gasteiger charge is 2.24. The Morgan fingerprint density at radius 1 is 1.41 bits per heavy atom. The highest BCUT2D eigenvalue weighted by atomic mass is 16.5. The Bertz CT molecular complexity index is 237. The maximum absolute atomic E-state index is 9.21. The molecular formula is C13H27N3O. The van der Waals surface area contributed by atoms with E-state index in [1.54, 1.807) is 0 Å². The zero-order chi connectivity index (χ0) is 13.3. The highest BCUT2D eigenvalue weighted by Crippen LogP contribution is 2.10. The van der Waals surface area contributed by atoms with Gasteiger partial charge in [0, 0.05) is 25.7 Å². The molecule has 4 nitrogen and oxygen atoms in total. The van der Waals surface area contributed by atoms with E-state index in [0.29, 0.717) is 6.04 Å². The summed E-state index contributed by atoms with van der Waals surface area (Å²) in [4.78, 5) is 2.20. The van der Waals surface area contributed by atoms with Crippen molar-refractivity contribution in [3.8, 4) is 6.07 Å². The van der Waals surface area contributed by atoms with Gasteiger partial charge in [-0.3, -0.25) is 5.32 Å². The van der Waals surface area contributed by atoms with Crippen LogP contribution in [0.5, 0.6) is 0 Å². The monoisotopic (exact) mass is 241 g/mol. The molecule has 100 valence electrons. The Balaban J connectivity index is 3.93. The van der Waals surface area contributed by atoms with Gasteiger partial charge in [0.15, 0.2) is 0 Å². The zero-order valence-electron chi connectivity index (χ0n) is 11.9. The van der Waals surface area contributed by atoms with Gasteiger partial charge >= 0.3 is 0 Å². The normalized spacial score (nSPS) is 14.9. The van der Waals surface area contributed by atoms with E-state index >= 15 is 0 Å². The minimum atomic E-state index is -0.436. The molecule has 17 heavy (non-hydrogen) atoms. The Kier molecular flexibility index (Phi) is 8.15. The van der Waals surface area contributed by atoms with Crippen molar-refractivity contribution >= 4 is 0 Å². The maximum Gasteiger partial charge on any atom is 0.105 e. The van der Waals surface area contributed by atoms with E-state index in [2.05, 4.69) is 37.2 Å². The summed E-state index contributed by atoms with van der Waals surface area (Å²) in [6.07, 6.45) is 0.824. The van der Waals surface area contributed by atoms with Crippen LogP contribution in [0.25, 0.3) is 0 Å². The average Bonchev–Trinajstić information content (AvgIpc) is 2.26. The van der Waals surface area contributed by atoms with Crippen LogP contribution >= 0.6 is 0 Å². The molecular weight excluding hydrogens is 214 g/mol. The Morgan fingerprint density at radius 2 is 2.06 bits per heavy atom. The topological polar surface area (TPSA) is 48.3 Å². The van der Waals surface area contributed by atoms with Gasteiger partial charge in [0.05, 0.1) is 12.7 Å². The molecule has 0 saturated heterocycles. The SMILES string of the molecule is CCOCCN(C)CCC(C)(C#N)NC(C)C. The van der Waals surface area contributed by atoms with Gasteiger partial charge in [-0.2, -0.15) is 5.26 Å². The number of nitrogens with zero attached hydrogens (tertiary/aromatic N) is 2. The quantitative estimate of drug-likeness (QED) is 0.623. The second-order valence-electron chi connectivity index (χ2n) is 4.99. The van der Waals surface area contributed by atoms with E-state index in [9.17, 15) is 5.26 Å². The molecule has 0 aromatic carbocycles. The van der Waals surface area contributed by atoms with Gasteiger partial charge in [0.2, 0.25) is 0 Å². The number of nitrogens with one attached hydrogen (secondary N) is 1. The minimum absolute atomic E-state index is 0.327. The third kappa shape index (κ3) is 8.14. The van der Waals surface area contributed by atoms with Crippen LogP contribution in [0.4, 0.5) is 0 Å². The van der Waals surface area contributed by atoms with Crippen molar-refractivity contribution in [1.29, 1.82) is 5.26 Å². The molecule has 0 aliphatic rings. The molecule has 0 amide bonds. The van der Waals surface area contributed by atoms with Gasteiger partial charge in [-0.15, -0.1) is 0 Å². The number of ether oxygens (including phenoxy) is 1. The molecule has 0 aromatic heterocycles. The van der Waals surface area contributed by atoms with Crippen LogP contribution in [0.2, 0.25) is 0 Å². The third-order valence-corrected chi connectivity index (χ3v) is 2.67. The molecule has 0 aliphatic heterocycles. The lowest BCUT2D eigenvalue weighted by atomic mass is 9.98. The molecule has 0 radical (unpaired) electrons. The van der Waals surface area contributed by atoms with Crippen LogP contribution in [-0.2, 0) is 4.74 Å². The first-order valence-electron chi connectivity index (χ1n) is 6.38. The van der Waals surface area contributed by atoms with Gasteiger partial charge in [-0.1, -0.05) is 0 Å². The number of nitriles is 1. The van der Waals surface area contributed by atoms with Gasteiger partial charge in [0.25, 0.3) is 0 Å². The smallest absolute Gasteiger partial charge is 0.105 e. The van der Waals surface area contributed by atoms with Crippen LogP contribution in [-0.4, -0.2) is 49.8 Å². The molecule has 0 saturated carbocycles. The van der Waals surface area contributed by atoms with Crippen molar-refractivity contribution in [3.63, 3.8) is 0 Å². The van der Waals surface area contributed by atoms with E-state index < -0.39 is 5.54 Å². The first-order chi connectivity index (χ1) is 7.93. The number of hydrogen-bond acceptors (Lipinski definition) is 4. The molecule has 0 spiro atoms. The number of rotatable bonds is 9. The first-order valence-corrected chi connectivity index (χ1v) is 6.38. The predicted octanol–water partition coefficient (Wildman–Crippen LogP) is 1.63. The Hall–Kier alpha value is -0.630. The van der Waals surface area contributed by atoms with Gasteiger partial charge in [-0.25, -0.2) is 0 Å². The van der Waals surface area contributed by atoms with Gasteiger partial charge in [0.1, 0.15) is 5.54 Å².